The molecule has 1 fully saturated rings. The van der Waals surface area contributed by atoms with Crippen molar-refractivity contribution in [3.8, 4) is 0 Å². The Morgan fingerprint density at radius 1 is 1.15 bits per heavy atom. The number of nitrogens with zero attached hydrogens (tertiary/aromatic N) is 6. The van der Waals surface area contributed by atoms with Crippen molar-refractivity contribution < 1.29 is 23.2 Å². The number of nitro groups is 1. The highest BCUT2D eigenvalue weighted by atomic mass is 35.5. The number of aliphatic hydroxyl groups is 1. The first-order chi connectivity index (χ1) is 19.0. The first-order valence-electron chi connectivity index (χ1n) is 12.6. The molecule has 14 heteroatoms. The number of hydrogen-bond acceptors (Lipinski definition) is 9. The summed E-state index contributed by atoms with van der Waals surface area (Å²) >= 11 is 6.02. The van der Waals surface area contributed by atoms with Crippen molar-refractivity contribution in [2.75, 3.05) is 23.4 Å². The van der Waals surface area contributed by atoms with E-state index in [1.165, 1.54) is 11.2 Å². The Morgan fingerprint density at radius 3 is 2.40 bits per heavy atom. The summed E-state index contributed by atoms with van der Waals surface area (Å²) in [6.45, 7) is 1.88. The standard InChI is InChI=1S/C26H27ClN6O6S/c1-16-13-31(25(34)18-5-6-18)24-22(23(28-15-29-24)30(2)14-17-3-7-19(27)8-4-17)26(35)32(16)40(38,39)21-11-9-20(10-12-21)33(36)37/h3-4,7-12,15-16,18,26,35H,5-6,13-14H2,1-2H3/t16-,26+/m1/s1. The predicted octanol–water partition coefficient (Wildman–Crippen LogP) is 3.50. The molecule has 0 radical (unpaired) electrons. The minimum absolute atomic E-state index is 0.0526. The lowest BCUT2D eigenvalue weighted by molar-refractivity contribution is -0.384. The Hall–Kier alpha value is -3.65. The van der Waals surface area contributed by atoms with Crippen LogP contribution in [0.1, 0.15) is 37.1 Å². The molecule has 1 aliphatic carbocycles. The fraction of sp³-hybridized carbons (Fsp3) is 0.346. The molecule has 210 valence electrons. The smallest absolute Gasteiger partial charge is 0.269 e. The largest absolute Gasteiger partial charge is 0.373 e. The lowest BCUT2D eigenvalue weighted by Crippen LogP contribution is -2.46. The minimum Gasteiger partial charge on any atom is -0.373 e. The SMILES string of the molecule is C[C@@H]1CN(C(=O)C2CC2)c2ncnc(N(C)Cc3ccc(Cl)cc3)c2[C@H](O)N1S(=O)(=O)c1ccc([N+](=O)[O-])cc1. The van der Waals surface area contributed by atoms with Crippen LogP contribution in [-0.4, -0.2) is 58.3 Å². The summed E-state index contributed by atoms with van der Waals surface area (Å²) in [6.07, 6.45) is 0.977. The molecular weight excluding hydrogens is 560 g/mol. The fourth-order valence-corrected chi connectivity index (χ4v) is 6.60. The number of carbonyl (C=O) groups is 1. The second-order valence-corrected chi connectivity index (χ2v) is 12.2. The molecule has 2 atom stereocenters. The summed E-state index contributed by atoms with van der Waals surface area (Å²) in [5.74, 6) is 0.00442. The van der Waals surface area contributed by atoms with Crippen molar-refractivity contribution in [1.82, 2.24) is 14.3 Å². The Balaban J connectivity index is 1.61. The van der Waals surface area contributed by atoms with E-state index in [1.807, 2.05) is 12.1 Å². The van der Waals surface area contributed by atoms with Crippen molar-refractivity contribution in [1.29, 1.82) is 0 Å². The fourth-order valence-electron chi connectivity index (χ4n) is 4.84. The molecule has 12 nitrogen and oxygen atoms in total. The number of nitro benzene ring substituents is 1. The van der Waals surface area contributed by atoms with Gasteiger partial charge in [0, 0.05) is 49.3 Å². The van der Waals surface area contributed by atoms with E-state index in [0.717, 1.165) is 47.0 Å². The van der Waals surface area contributed by atoms with Gasteiger partial charge in [-0.1, -0.05) is 23.7 Å². The van der Waals surface area contributed by atoms with Crippen LogP contribution in [0.5, 0.6) is 0 Å². The number of halogens is 1. The van der Waals surface area contributed by atoms with Gasteiger partial charge in [0.1, 0.15) is 18.0 Å². The Morgan fingerprint density at radius 2 is 1.80 bits per heavy atom. The molecule has 1 saturated carbocycles. The normalized spacial score (nSPS) is 19.6. The molecule has 1 aromatic heterocycles. The Kier molecular flexibility index (Phi) is 7.48. The molecule has 1 N–H and O–H groups in total. The van der Waals surface area contributed by atoms with E-state index in [1.54, 1.807) is 31.0 Å². The predicted molar refractivity (Wildman–Crippen MR) is 147 cm³/mol. The maximum absolute atomic E-state index is 13.9. The number of rotatable bonds is 7. The zero-order chi connectivity index (χ0) is 28.8. The summed E-state index contributed by atoms with van der Waals surface area (Å²) in [5, 5.41) is 23.5. The summed E-state index contributed by atoms with van der Waals surface area (Å²) in [4.78, 5) is 35.5. The Labute approximate surface area is 236 Å². The number of amides is 1. The number of sulfonamides is 1. The van der Waals surface area contributed by atoms with E-state index >= 15 is 0 Å². The van der Waals surface area contributed by atoms with Crippen LogP contribution in [0.3, 0.4) is 0 Å². The molecule has 0 unspecified atom stereocenters. The van der Waals surface area contributed by atoms with Crippen LogP contribution in [0.2, 0.25) is 5.02 Å². The first-order valence-corrected chi connectivity index (χ1v) is 14.4. The van der Waals surface area contributed by atoms with Gasteiger partial charge in [-0.15, -0.1) is 0 Å². The Bertz CT molecular complexity index is 1550. The van der Waals surface area contributed by atoms with Crippen molar-refractivity contribution in [2.45, 2.75) is 43.5 Å². The van der Waals surface area contributed by atoms with Crippen LogP contribution in [0.25, 0.3) is 0 Å². The lowest BCUT2D eigenvalue weighted by Gasteiger charge is -2.31. The van der Waals surface area contributed by atoms with Crippen LogP contribution in [0.15, 0.2) is 59.8 Å². The number of hydrogen-bond donors (Lipinski definition) is 1. The van der Waals surface area contributed by atoms with Gasteiger partial charge in [-0.2, -0.15) is 4.31 Å². The van der Waals surface area contributed by atoms with E-state index in [4.69, 9.17) is 11.6 Å². The third-order valence-corrected chi connectivity index (χ3v) is 9.22. The summed E-state index contributed by atoms with van der Waals surface area (Å²) in [6, 6.07) is 10.7. The quantitative estimate of drug-likeness (QED) is 0.324. The van der Waals surface area contributed by atoms with E-state index in [2.05, 4.69) is 9.97 Å². The highest BCUT2D eigenvalue weighted by Crippen LogP contribution is 2.42. The van der Waals surface area contributed by atoms with Crippen molar-refractivity contribution in [2.24, 2.45) is 5.92 Å². The average Bonchev–Trinajstić information content (AvgIpc) is 3.78. The molecule has 0 bridgehead atoms. The molecule has 2 heterocycles. The molecule has 1 aliphatic heterocycles. The number of aromatic nitrogens is 2. The molecule has 5 rings (SSSR count). The zero-order valence-electron chi connectivity index (χ0n) is 21.7. The zero-order valence-corrected chi connectivity index (χ0v) is 23.3. The maximum atomic E-state index is 13.9. The lowest BCUT2D eigenvalue weighted by atomic mass is 10.1. The van der Waals surface area contributed by atoms with Gasteiger partial charge in [0.25, 0.3) is 5.69 Å². The van der Waals surface area contributed by atoms with Crippen LogP contribution in [0.4, 0.5) is 17.3 Å². The molecule has 0 spiro atoms. The second kappa shape index (κ2) is 10.7. The van der Waals surface area contributed by atoms with E-state index in [-0.39, 0.29) is 46.2 Å². The van der Waals surface area contributed by atoms with Gasteiger partial charge < -0.3 is 10.0 Å². The van der Waals surface area contributed by atoms with Crippen molar-refractivity contribution >= 4 is 44.9 Å². The summed E-state index contributed by atoms with van der Waals surface area (Å²) < 4.78 is 28.7. The van der Waals surface area contributed by atoms with Crippen LogP contribution in [-0.2, 0) is 21.4 Å². The second-order valence-electron chi connectivity index (χ2n) is 9.95. The molecule has 3 aromatic rings. The highest BCUT2D eigenvalue weighted by Gasteiger charge is 2.46. The first kappa shape index (κ1) is 27.9. The third-order valence-electron chi connectivity index (χ3n) is 6.99. The van der Waals surface area contributed by atoms with Crippen LogP contribution >= 0.6 is 11.6 Å². The van der Waals surface area contributed by atoms with Gasteiger partial charge >= 0.3 is 0 Å². The van der Waals surface area contributed by atoms with Gasteiger partial charge in [-0.3, -0.25) is 19.8 Å². The summed E-state index contributed by atoms with van der Waals surface area (Å²) in [5.41, 5.74) is 0.689. The van der Waals surface area contributed by atoms with E-state index < -0.39 is 27.2 Å². The topological polar surface area (TPSA) is 150 Å². The van der Waals surface area contributed by atoms with Crippen molar-refractivity contribution in [3.63, 3.8) is 0 Å². The third kappa shape index (κ3) is 5.24. The van der Waals surface area contributed by atoms with E-state index in [0.29, 0.717) is 11.6 Å². The molecule has 1 amide bonds. The van der Waals surface area contributed by atoms with Crippen molar-refractivity contribution in [3.05, 3.63) is 81.1 Å². The monoisotopic (exact) mass is 586 g/mol. The molecule has 2 aromatic carbocycles. The number of anilines is 2. The number of aliphatic hydroxyl groups excluding tert-OH is 1. The minimum atomic E-state index is -4.39. The number of non-ortho nitro benzene ring substituents is 1. The number of fused-ring (bicyclic) bond motifs is 1. The molecule has 40 heavy (non-hydrogen) atoms. The molecule has 0 saturated heterocycles. The summed E-state index contributed by atoms with van der Waals surface area (Å²) in [7, 11) is -2.66. The molecular formula is C26H27ClN6O6S. The highest BCUT2D eigenvalue weighted by molar-refractivity contribution is 7.89. The number of benzene rings is 2. The van der Waals surface area contributed by atoms with Crippen LogP contribution in [0, 0.1) is 16.0 Å². The van der Waals surface area contributed by atoms with Gasteiger partial charge in [-0.25, -0.2) is 18.4 Å². The number of carbonyl (C=O) groups excluding carboxylic acids is 1. The van der Waals surface area contributed by atoms with Crippen LogP contribution < -0.4 is 9.80 Å². The van der Waals surface area contributed by atoms with Gasteiger partial charge in [0.15, 0.2) is 6.23 Å². The van der Waals surface area contributed by atoms with Gasteiger partial charge in [-0.05, 0) is 49.6 Å². The van der Waals surface area contributed by atoms with Gasteiger partial charge in [0.05, 0.1) is 15.4 Å². The average molecular weight is 587 g/mol. The maximum Gasteiger partial charge on any atom is 0.269 e. The van der Waals surface area contributed by atoms with E-state index in [9.17, 15) is 28.4 Å². The van der Waals surface area contributed by atoms with Gasteiger partial charge in [0.2, 0.25) is 15.9 Å². The molecule has 2 aliphatic rings.